The summed E-state index contributed by atoms with van der Waals surface area (Å²) in [5.74, 6) is 3.72. The quantitative estimate of drug-likeness (QED) is 0.779. The summed E-state index contributed by atoms with van der Waals surface area (Å²) in [6, 6.07) is 4.02. The number of hydrogen-bond acceptors (Lipinski definition) is 4. The lowest BCUT2D eigenvalue weighted by molar-refractivity contribution is -0.0720. The molecule has 5 aliphatic rings. The number of nitrogens with zero attached hydrogens (tertiary/aromatic N) is 2. The zero-order valence-electron chi connectivity index (χ0n) is 14.3. The van der Waals surface area contributed by atoms with Crippen molar-refractivity contribution in [2.75, 3.05) is 26.2 Å². The summed E-state index contributed by atoms with van der Waals surface area (Å²) in [5.41, 5.74) is 0. The minimum atomic E-state index is -3.37. The van der Waals surface area contributed by atoms with Gasteiger partial charge in [0.2, 0.25) is 0 Å². The topological polar surface area (TPSA) is 40.6 Å². The zero-order valence-corrected chi connectivity index (χ0v) is 16.7. The van der Waals surface area contributed by atoms with E-state index in [0.29, 0.717) is 27.7 Å². The van der Waals surface area contributed by atoms with Gasteiger partial charge in [-0.25, -0.2) is 8.42 Å². The van der Waals surface area contributed by atoms with Crippen LogP contribution in [0.25, 0.3) is 0 Å². The molecule has 5 fully saturated rings. The van der Waals surface area contributed by atoms with E-state index in [4.69, 9.17) is 11.6 Å². The Kier molecular flexibility index (Phi) is 4.21. The Bertz CT molecular complexity index is 727. The van der Waals surface area contributed by atoms with Crippen LogP contribution in [0, 0.1) is 23.7 Å². The maximum absolute atomic E-state index is 12.8. The van der Waals surface area contributed by atoms with Gasteiger partial charge in [0.25, 0.3) is 10.0 Å². The second kappa shape index (κ2) is 6.20. The van der Waals surface area contributed by atoms with E-state index in [9.17, 15) is 8.42 Å². The highest BCUT2D eigenvalue weighted by Crippen LogP contribution is 2.55. The van der Waals surface area contributed by atoms with Crippen molar-refractivity contribution >= 4 is 33.0 Å². The fraction of sp³-hybridized carbons (Fsp3) is 0.778. The molecule has 4 saturated carbocycles. The third-order valence-corrected chi connectivity index (χ3v) is 10.6. The summed E-state index contributed by atoms with van der Waals surface area (Å²) in [7, 11) is -3.37. The Balaban J connectivity index is 1.27. The molecule has 2 heterocycles. The second-order valence-corrected chi connectivity index (χ2v) is 12.3. The van der Waals surface area contributed by atoms with Gasteiger partial charge < -0.3 is 0 Å². The van der Waals surface area contributed by atoms with Gasteiger partial charge in [-0.3, -0.25) is 4.90 Å². The van der Waals surface area contributed by atoms with Gasteiger partial charge in [0.15, 0.2) is 0 Å². The molecule has 138 valence electrons. The van der Waals surface area contributed by atoms with Gasteiger partial charge in [-0.15, -0.1) is 11.3 Å². The fourth-order valence-electron chi connectivity index (χ4n) is 6.30. The molecule has 0 radical (unpaired) electrons. The van der Waals surface area contributed by atoms with Gasteiger partial charge >= 0.3 is 0 Å². The van der Waals surface area contributed by atoms with E-state index >= 15 is 0 Å². The maximum atomic E-state index is 12.8. The van der Waals surface area contributed by atoms with Crippen LogP contribution in [0.3, 0.4) is 0 Å². The Morgan fingerprint density at radius 2 is 1.52 bits per heavy atom. The molecule has 1 aromatic rings. The van der Waals surface area contributed by atoms with Crippen molar-refractivity contribution < 1.29 is 8.42 Å². The van der Waals surface area contributed by atoms with Gasteiger partial charge in [0, 0.05) is 32.2 Å². The van der Waals surface area contributed by atoms with Gasteiger partial charge in [-0.05, 0) is 67.9 Å². The van der Waals surface area contributed by atoms with E-state index < -0.39 is 10.0 Å². The van der Waals surface area contributed by atoms with Gasteiger partial charge in [0.05, 0.1) is 4.34 Å². The molecule has 1 aromatic heterocycles. The Morgan fingerprint density at radius 3 is 2.04 bits per heavy atom. The highest BCUT2D eigenvalue weighted by atomic mass is 35.5. The van der Waals surface area contributed by atoms with Crippen molar-refractivity contribution in [1.29, 1.82) is 0 Å². The molecule has 4 nitrogen and oxygen atoms in total. The molecule has 1 saturated heterocycles. The van der Waals surface area contributed by atoms with E-state index in [0.717, 1.165) is 48.1 Å². The number of rotatable bonds is 3. The van der Waals surface area contributed by atoms with E-state index in [2.05, 4.69) is 4.90 Å². The first-order valence-electron chi connectivity index (χ1n) is 9.50. The lowest BCUT2D eigenvalue weighted by atomic mass is 9.54. The van der Waals surface area contributed by atoms with Gasteiger partial charge in [-0.1, -0.05) is 11.6 Å². The number of halogens is 1. The SMILES string of the molecule is O=S(=O)(c1ccc(Cl)s1)N1CCN(C2C3CC4CC(C3)CC2C4)CC1. The molecule has 0 amide bonds. The van der Waals surface area contributed by atoms with E-state index in [1.165, 1.54) is 32.1 Å². The molecule has 0 atom stereocenters. The van der Waals surface area contributed by atoms with Crippen LogP contribution in [0.4, 0.5) is 0 Å². The molecule has 4 aliphatic carbocycles. The van der Waals surface area contributed by atoms with Crippen molar-refractivity contribution in [2.24, 2.45) is 23.7 Å². The molecule has 0 unspecified atom stereocenters. The smallest absolute Gasteiger partial charge is 0.252 e. The molecule has 1 aliphatic heterocycles. The van der Waals surface area contributed by atoms with Crippen molar-refractivity contribution in [2.45, 2.75) is 42.4 Å². The molecule has 4 bridgehead atoms. The van der Waals surface area contributed by atoms with Crippen LogP contribution < -0.4 is 0 Å². The number of hydrogen-bond donors (Lipinski definition) is 0. The summed E-state index contributed by atoms with van der Waals surface area (Å²) in [5, 5.41) is 0. The molecule has 0 N–H and O–H groups in total. The molecular formula is C18H25ClN2O2S2. The van der Waals surface area contributed by atoms with Crippen molar-refractivity contribution in [3.8, 4) is 0 Å². The minimum Gasteiger partial charge on any atom is -0.297 e. The molecule has 25 heavy (non-hydrogen) atoms. The van der Waals surface area contributed by atoms with E-state index in [1.54, 1.807) is 16.4 Å². The molecular weight excluding hydrogens is 376 g/mol. The Labute approximate surface area is 159 Å². The van der Waals surface area contributed by atoms with Crippen molar-refractivity contribution in [3.05, 3.63) is 16.5 Å². The number of sulfonamides is 1. The standard InChI is InChI=1S/C18H25ClN2O2S2/c19-16-1-2-17(24-16)25(22,23)21-5-3-20(4-6-21)18-14-8-12-7-13(10-14)11-15(18)9-12/h1-2,12-15,18H,3-11H2. The summed E-state index contributed by atoms with van der Waals surface area (Å²) in [4.78, 5) is 2.63. The fourth-order valence-corrected chi connectivity index (χ4v) is 9.36. The molecule has 7 heteroatoms. The minimum absolute atomic E-state index is 0.376. The van der Waals surface area contributed by atoms with Gasteiger partial charge in [-0.2, -0.15) is 4.31 Å². The van der Waals surface area contributed by atoms with Crippen LogP contribution in [0.1, 0.15) is 32.1 Å². The monoisotopic (exact) mass is 400 g/mol. The Morgan fingerprint density at radius 1 is 0.920 bits per heavy atom. The summed E-state index contributed by atoms with van der Waals surface area (Å²) in [6.45, 7) is 2.98. The van der Waals surface area contributed by atoms with Crippen LogP contribution in [-0.4, -0.2) is 49.8 Å². The van der Waals surface area contributed by atoms with E-state index in [-0.39, 0.29) is 0 Å². The predicted molar refractivity (Wildman–Crippen MR) is 100 cm³/mol. The average molecular weight is 401 g/mol. The lowest BCUT2D eigenvalue weighted by Crippen LogP contribution is -2.60. The molecule has 0 aromatic carbocycles. The lowest BCUT2D eigenvalue weighted by Gasteiger charge is -2.58. The van der Waals surface area contributed by atoms with Gasteiger partial charge in [0.1, 0.15) is 4.21 Å². The largest absolute Gasteiger partial charge is 0.297 e. The maximum Gasteiger partial charge on any atom is 0.252 e. The van der Waals surface area contributed by atoms with Crippen LogP contribution in [0.2, 0.25) is 4.34 Å². The highest BCUT2D eigenvalue weighted by molar-refractivity contribution is 7.91. The number of thiophene rings is 1. The van der Waals surface area contributed by atoms with Crippen LogP contribution in [0.5, 0.6) is 0 Å². The third-order valence-electron chi connectivity index (χ3n) is 7.01. The first kappa shape index (κ1) is 17.0. The van der Waals surface area contributed by atoms with Crippen molar-refractivity contribution in [1.82, 2.24) is 9.21 Å². The Hall–Kier alpha value is -0.140. The van der Waals surface area contributed by atoms with Crippen LogP contribution in [-0.2, 0) is 10.0 Å². The van der Waals surface area contributed by atoms with Crippen LogP contribution in [0.15, 0.2) is 16.3 Å². The van der Waals surface area contributed by atoms with Crippen LogP contribution >= 0.6 is 22.9 Å². The summed E-state index contributed by atoms with van der Waals surface area (Å²) in [6.07, 6.45) is 7.16. The molecule has 6 rings (SSSR count). The second-order valence-electron chi connectivity index (χ2n) is 8.42. The van der Waals surface area contributed by atoms with Crippen molar-refractivity contribution in [3.63, 3.8) is 0 Å². The predicted octanol–water partition coefficient (Wildman–Crippen LogP) is 3.53. The van der Waals surface area contributed by atoms with E-state index in [1.807, 2.05) is 0 Å². The highest BCUT2D eigenvalue weighted by Gasteiger charge is 2.50. The number of piperazine rings is 1. The first-order valence-corrected chi connectivity index (χ1v) is 12.1. The molecule has 0 spiro atoms. The summed E-state index contributed by atoms with van der Waals surface area (Å²) < 4.78 is 28.1. The zero-order chi connectivity index (χ0) is 17.2. The first-order chi connectivity index (χ1) is 12.0. The summed E-state index contributed by atoms with van der Waals surface area (Å²) >= 11 is 7.09. The average Bonchev–Trinajstić information content (AvgIpc) is 3.02. The normalized spacial score (nSPS) is 39.2. The third kappa shape index (κ3) is 2.89.